The van der Waals surface area contributed by atoms with E-state index in [0.29, 0.717) is 17.2 Å². The molecule has 8 nitrogen and oxygen atoms in total. The van der Waals surface area contributed by atoms with Crippen LogP contribution >= 0.6 is 0 Å². The van der Waals surface area contributed by atoms with Gasteiger partial charge in [0.15, 0.2) is 6.10 Å². The highest BCUT2D eigenvalue weighted by molar-refractivity contribution is 7.92. The molecule has 4 rings (SSSR count). The van der Waals surface area contributed by atoms with Crippen molar-refractivity contribution < 1.29 is 27.4 Å². The number of aryl methyl sites for hydroxylation is 2. The van der Waals surface area contributed by atoms with Crippen LogP contribution in [0.4, 0.5) is 5.69 Å². The number of amides is 1. The highest BCUT2D eigenvalue weighted by Gasteiger charge is 2.37. The lowest BCUT2D eigenvalue weighted by Gasteiger charge is -2.35. The smallest absolute Gasteiger partial charge is 0.264 e. The van der Waals surface area contributed by atoms with Gasteiger partial charge in [0.25, 0.3) is 15.9 Å². The molecule has 0 radical (unpaired) electrons. The van der Waals surface area contributed by atoms with Gasteiger partial charge >= 0.3 is 0 Å². The molecule has 0 aromatic heterocycles. The lowest BCUT2D eigenvalue weighted by atomic mass is 10.1. The average Bonchev–Trinajstić information content (AvgIpc) is 2.87. The Morgan fingerprint density at radius 2 is 1.83 bits per heavy atom. The summed E-state index contributed by atoms with van der Waals surface area (Å²) in [6.45, 7) is 6.23. The number of anilines is 1. The van der Waals surface area contributed by atoms with E-state index in [1.165, 1.54) is 23.5 Å². The van der Waals surface area contributed by atoms with Gasteiger partial charge in [0.1, 0.15) is 23.9 Å². The molecule has 1 aliphatic rings. The summed E-state index contributed by atoms with van der Waals surface area (Å²) >= 11 is 0. The Labute approximate surface area is 211 Å². The SMILES string of the molecule is COc1ccc(S(=O)(=O)N2C[C@@H](C(=O)NCCOc3cccc(C)c3C)Oc3cc(C)ccc32)cc1. The molecule has 9 heteroatoms. The Kier molecular flexibility index (Phi) is 7.40. The van der Waals surface area contributed by atoms with E-state index < -0.39 is 22.0 Å². The maximum absolute atomic E-state index is 13.6. The molecule has 3 aromatic rings. The van der Waals surface area contributed by atoms with Crippen LogP contribution in [0.25, 0.3) is 0 Å². The number of sulfonamides is 1. The summed E-state index contributed by atoms with van der Waals surface area (Å²) in [5, 5.41) is 2.80. The standard InChI is InChI=1S/C27H30N2O6S/c1-18-8-13-23-25(16-18)35-26(17-29(23)36(31,32)22-11-9-21(33-4)10-12-22)27(30)28-14-15-34-24-7-5-6-19(2)20(24)3/h5-13,16,26H,14-15,17H2,1-4H3,(H,28,30)/t26-/m0/s1. The minimum Gasteiger partial charge on any atom is -0.497 e. The summed E-state index contributed by atoms with van der Waals surface area (Å²) in [6.07, 6.45) is -1.02. The summed E-state index contributed by atoms with van der Waals surface area (Å²) in [4.78, 5) is 13.1. The van der Waals surface area contributed by atoms with Crippen LogP contribution in [0.15, 0.2) is 65.6 Å². The third kappa shape index (κ3) is 5.26. The van der Waals surface area contributed by atoms with Gasteiger partial charge in [-0.1, -0.05) is 18.2 Å². The fourth-order valence-electron chi connectivity index (χ4n) is 3.93. The number of nitrogens with zero attached hydrogens (tertiary/aromatic N) is 1. The van der Waals surface area contributed by atoms with Crippen LogP contribution in [0.5, 0.6) is 17.2 Å². The van der Waals surface area contributed by atoms with Gasteiger partial charge in [0.05, 0.1) is 30.8 Å². The molecule has 0 unspecified atom stereocenters. The predicted octanol–water partition coefficient (Wildman–Crippen LogP) is 3.77. The molecule has 0 spiro atoms. The lowest BCUT2D eigenvalue weighted by molar-refractivity contribution is -0.127. The average molecular weight is 511 g/mol. The van der Waals surface area contributed by atoms with Crippen LogP contribution in [0.3, 0.4) is 0 Å². The summed E-state index contributed by atoms with van der Waals surface area (Å²) in [5.74, 6) is 1.23. The van der Waals surface area contributed by atoms with Gasteiger partial charge in [-0.25, -0.2) is 8.42 Å². The van der Waals surface area contributed by atoms with Gasteiger partial charge in [-0.05, 0) is 79.9 Å². The van der Waals surface area contributed by atoms with Crippen molar-refractivity contribution in [3.8, 4) is 17.2 Å². The van der Waals surface area contributed by atoms with Gasteiger partial charge in [-0.15, -0.1) is 0 Å². The van der Waals surface area contributed by atoms with Crippen LogP contribution in [-0.4, -0.2) is 47.2 Å². The topological polar surface area (TPSA) is 94.2 Å². The zero-order chi connectivity index (χ0) is 25.9. The fraction of sp³-hybridized carbons (Fsp3) is 0.296. The second-order valence-corrected chi connectivity index (χ2v) is 10.5. The number of fused-ring (bicyclic) bond motifs is 1. The maximum atomic E-state index is 13.6. The van der Waals surface area contributed by atoms with Crippen LogP contribution in [0.2, 0.25) is 0 Å². The zero-order valence-corrected chi connectivity index (χ0v) is 21.6. The Balaban J connectivity index is 1.49. The minimum atomic E-state index is -3.96. The lowest BCUT2D eigenvalue weighted by Crippen LogP contribution is -2.51. The summed E-state index contributed by atoms with van der Waals surface area (Å²) in [6, 6.07) is 17.2. The van der Waals surface area contributed by atoms with Crippen LogP contribution in [-0.2, 0) is 14.8 Å². The van der Waals surface area contributed by atoms with E-state index in [-0.39, 0.29) is 24.6 Å². The Morgan fingerprint density at radius 1 is 1.08 bits per heavy atom. The molecule has 0 aliphatic carbocycles. The third-order valence-corrected chi connectivity index (χ3v) is 7.93. The van der Waals surface area contributed by atoms with Crippen molar-refractivity contribution >= 4 is 21.6 Å². The number of benzene rings is 3. The molecule has 1 aliphatic heterocycles. The van der Waals surface area contributed by atoms with Crippen molar-refractivity contribution in [2.24, 2.45) is 0 Å². The molecule has 0 bridgehead atoms. The van der Waals surface area contributed by atoms with Gasteiger partial charge in [-0.3, -0.25) is 9.10 Å². The molecular weight excluding hydrogens is 480 g/mol. The van der Waals surface area contributed by atoms with E-state index >= 15 is 0 Å². The molecule has 1 amide bonds. The summed E-state index contributed by atoms with van der Waals surface area (Å²) in [5.41, 5.74) is 3.45. The van der Waals surface area contributed by atoms with Gasteiger partial charge in [0, 0.05) is 0 Å². The second-order valence-electron chi connectivity index (χ2n) is 8.63. The molecule has 0 fully saturated rings. The van der Waals surface area contributed by atoms with Gasteiger partial charge in [0.2, 0.25) is 0 Å². The minimum absolute atomic E-state index is 0.0952. The van der Waals surface area contributed by atoms with E-state index in [1.807, 2.05) is 45.0 Å². The quantitative estimate of drug-likeness (QED) is 0.464. The number of methoxy groups -OCH3 is 1. The van der Waals surface area contributed by atoms with Crippen molar-refractivity contribution in [2.45, 2.75) is 31.8 Å². The van der Waals surface area contributed by atoms with E-state index in [2.05, 4.69) is 5.32 Å². The van der Waals surface area contributed by atoms with Crippen LogP contribution in [0, 0.1) is 20.8 Å². The van der Waals surface area contributed by atoms with Crippen molar-refractivity contribution in [3.05, 3.63) is 77.4 Å². The van der Waals surface area contributed by atoms with Crippen molar-refractivity contribution in [1.82, 2.24) is 5.32 Å². The van der Waals surface area contributed by atoms with Crippen LogP contribution < -0.4 is 23.8 Å². The van der Waals surface area contributed by atoms with E-state index in [1.54, 1.807) is 24.3 Å². The number of carbonyl (C=O) groups excluding carboxylic acids is 1. The van der Waals surface area contributed by atoms with E-state index in [4.69, 9.17) is 14.2 Å². The van der Waals surface area contributed by atoms with Crippen molar-refractivity contribution in [2.75, 3.05) is 31.1 Å². The first-order valence-corrected chi connectivity index (χ1v) is 13.1. The van der Waals surface area contributed by atoms with Gasteiger partial charge in [-0.2, -0.15) is 0 Å². The largest absolute Gasteiger partial charge is 0.497 e. The Bertz CT molecular complexity index is 1360. The molecular formula is C27H30N2O6S. The molecule has 1 heterocycles. The van der Waals surface area contributed by atoms with Gasteiger partial charge < -0.3 is 19.5 Å². The number of hydrogen-bond donors (Lipinski definition) is 1. The fourth-order valence-corrected chi connectivity index (χ4v) is 5.41. The maximum Gasteiger partial charge on any atom is 0.264 e. The Morgan fingerprint density at radius 3 is 2.56 bits per heavy atom. The molecule has 1 N–H and O–H groups in total. The van der Waals surface area contributed by atoms with Crippen molar-refractivity contribution in [3.63, 3.8) is 0 Å². The first kappa shape index (κ1) is 25.4. The predicted molar refractivity (Wildman–Crippen MR) is 138 cm³/mol. The number of rotatable bonds is 8. The molecule has 3 aromatic carbocycles. The zero-order valence-electron chi connectivity index (χ0n) is 20.8. The monoisotopic (exact) mass is 510 g/mol. The highest BCUT2D eigenvalue weighted by atomic mass is 32.2. The molecule has 0 saturated heterocycles. The number of carbonyl (C=O) groups is 1. The number of nitrogens with one attached hydrogen (secondary N) is 1. The molecule has 190 valence electrons. The Hall–Kier alpha value is -3.72. The van der Waals surface area contributed by atoms with E-state index in [0.717, 1.165) is 22.4 Å². The number of hydrogen-bond acceptors (Lipinski definition) is 6. The van der Waals surface area contributed by atoms with Crippen LogP contribution in [0.1, 0.15) is 16.7 Å². The number of ether oxygens (including phenoxy) is 3. The molecule has 36 heavy (non-hydrogen) atoms. The highest BCUT2D eigenvalue weighted by Crippen LogP contribution is 2.38. The normalized spacial score (nSPS) is 15.0. The molecule has 0 saturated carbocycles. The molecule has 1 atom stereocenters. The first-order chi connectivity index (χ1) is 17.2. The first-order valence-electron chi connectivity index (χ1n) is 11.6. The summed E-state index contributed by atoms with van der Waals surface area (Å²) in [7, 11) is -2.44. The third-order valence-electron chi connectivity index (χ3n) is 6.14. The second kappa shape index (κ2) is 10.5. The summed E-state index contributed by atoms with van der Waals surface area (Å²) < 4.78 is 45.2. The van der Waals surface area contributed by atoms with Crippen molar-refractivity contribution in [1.29, 1.82) is 0 Å². The van der Waals surface area contributed by atoms with E-state index in [9.17, 15) is 13.2 Å².